The van der Waals surface area contributed by atoms with Gasteiger partial charge in [0, 0.05) is 19.0 Å². The second-order valence-corrected chi connectivity index (χ2v) is 7.98. The number of piperidine rings is 1. The predicted octanol–water partition coefficient (Wildman–Crippen LogP) is 1.80. The van der Waals surface area contributed by atoms with E-state index in [1.165, 1.54) is 25.7 Å². The standard InChI is InChI=1S/C16H29N5O/c1-16(2,3)21-15(17-18-19-21)11-20-9-8-14(22)13(10-20)12-6-4-5-7-12/h12-14,22H,4-11H2,1-3H3/t13-,14+/m0/s1. The molecule has 1 aromatic heterocycles. The zero-order valence-corrected chi connectivity index (χ0v) is 14.1. The lowest BCUT2D eigenvalue weighted by Crippen LogP contribution is -2.46. The van der Waals surface area contributed by atoms with E-state index in [1.54, 1.807) is 0 Å². The summed E-state index contributed by atoms with van der Waals surface area (Å²) in [5.41, 5.74) is -0.0982. The summed E-state index contributed by atoms with van der Waals surface area (Å²) < 4.78 is 1.92. The van der Waals surface area contributed by atoms with Crippen molar-refractivity contribution < 1.29 is 5.11 Å². The van der Waals surface area contributed by atoms with Crippen molar-refractivity contribution >= 4 is 0 Å². The molecule has 22 heavy (non-hydrogen) atoms. The summed E-state index contributed by atoms with van der Waals surface area (Å²) in [4.78, 5) is 2.42. The van der Waals surface area contributed by atoms with Gasteiger partial charge >= 0.3 is 0 Å². The molecular weight excluding hydrogens is 278 g/mol. The summed E-state index contributed by atoms with van der Waals surface area (Å²) in [5, 5.41) is 22.6. The molecule has 1 aliphatic carbocycles. The van der Waals surface area contributed by atoms with Gasteiger partial charge in [-0.05, 0) is 43.5 Å². The van der Waals surface area contributed by atoms with Gasteiger partial charge in [-0.1, -0.05) is 25.7 Å². The molecule has 1 aliphatic heterocycles. The van der Waals surface area contributed by atoms with Crippen LogP contribution in [-0.4, -0.2) is 49.4 Å². The lowest BCUT2D eigenvalue weighted by Gasteiger charge is -2.39. The molecule has 6 heteroatoms. The lowest BCUT2D eigenvalue weighted by atomic mass is 9.82. The van der Waals surface area contributed by atoms with E-state index in [0.717, 1.165) is 31.9 Å². The highest BCUT2D eigenvalue weighted by molar-refractivity contribution is 4.91. The maximum Gasteiger partial charge on any atom is 0.165 e. The van der Waals surface area contributed by atoms with Crippen LogP contribution in [0.25, 0.3) is 0 Å². The molecule has 0 unspecified atom stereocenters. The van der Waals surface area contributed by atoms with Crippen molar-refractivity contribution in [3.8, 4) is 0 Å². The van der Waals surface area contributed by atoms with E-state index >= 15 is 0 Å². The van der Waals surface area contributed by atoms with E-state index in [0.29, 0.717) is 11.8 Å². The third-order valence-corrected chi connectivity index (χ3v) is 5.24. The summed E-state index contributed by atoms with van der Waals surface area (Å²) in [7, 11) is 0. The first-order valence-corrected chi connectivity index (χ1v) is 8.63. The van der Waals surface area contributed by atoms with Crippen molar-refractivity contribution in [2.75, 3.05) is 13.1 Å². The molecule has 1 N–H and O–H groups in total. The van der Waals surface area contributed by atoms with Crippen LogP contribution in [0.5, 0.6) is 0 Å². The van der Waals surface area contributed by atoms with Crippen molar-refractivity contribution in [3.63, 3.8) is 0 Å². The second-order valence-electron chi connectivity index (χ2n) is 7.98. The minimum Gasteiger partial charge on any atom is -0.393 e. The molecule has 2 atom stereocenters. The molecule has 0 amide bonds. The van der Waals surface area contributed by atoms with E-state index < -0.39 is 0 Å². The molecular formula is C16H29N5O. The van der Waals surface area contributed by atoms with Crippen LogP contribution in [0.3, 0.4) is 0 Å². The molecule has 0 spiro atoms. The molecule has 2 heterocycles. The van der Waals surface area contributed by atoms with Gasteiger partial charge in [0.1, 0.15) is 0 Å². The maximum absolute atomic E-state index is 10.4. The summed E-state index contributed by atoms with van der Waals surface area (Å²) in [6.07, 6.45) is 5.98. The highest BCUT2D eigenvalue weighted by Crippen LogP contribution is 2.36. The third kappa shape index (κ3) is 3.33. The minimum atomic E-state index is -0.127. The smallest absolute Gasteiger partial charge is 0.165 e. The van der Waals surface area contributed by atoms with Crippen LogP contribution in [0.4, 0.5) is 0 Å². The van der Waals surface area contributed by atoms with Crippen molar-refractivity contribution in [1.29, 1.82) is 0 Å². The molecule has 0 aromatic carbocycles. The number of tetrazole rings is 1. The average Bonchev–Trinajstić information content (AvgIpc) is 3.11. The van der Waals surface area contributed by atoms with E-state index in [-0.39, 0.29) is 11.6 Å². The fourth-order valence-electron chi connectivity index (χ4n) is 4.06. The fourth-order valence-corrected chi connectivity index (χ4v) is 4.06. The number of likely N-dealkylation sites (tertiary alicyclic amines) is 1. The number of hydrogen-bond acceptors (Lipinski definition) is 5. The Morgan fingerprint density at radius 2 is 1.91 bits per heavy atom. The Hall–Kier alpha value is -1.01. The zero-order valence-electron chi connectivity index (χ0n) is 14.1. The number of hydrogen-bond donors (Lipinski definition) is 1. The molecule has 1 saturated carbocycles. The van der Waals surface area contributed by atoms with Gasteiger partial charge in [0.05, 0.1) is 18.2 Å². The van der Waals surface area contributed by atoms with E-state index in [9.17, 15) is 5.11 Å². The Labute approximate surface area is 132 Å². The van der Waals surface area contributed by atoms with Gasteiger partial charge in [-0.3, -0.25) is 4.90 Å². The van der Waals surface area contributed by atoms with Gasteiger partial charge < -0.3 is 5.11 Å². The van der Waals surface area contributed by atoms with E-state index in [2.05, 4.69) is 41.2 Å². The molecule has 0 bridgehead atoms. The normalized spacial score (nSPS) is 28.4. The highest BCUT2D eigenvalue weighted by Gasteiger charge is 2.35. The number of rotatable bonds is 3. The number of aromatic nitrogens is 4. The van der Waals surface area contributed by atoms with Crippen LogP contribution in [-0.2, 0) is 12.1 Å². The van der Waals surface area contributed by atoms with Gasteiger partial charge in [-0.15, -0.1) is 5.10 Å². The quantitative estimate of drug-likeness (QED) is 0.922. The Bertz CT molecular complexity index is 489. The number of nitrogens with zero attached hydrogens (tertiary/aromatic N) is 5. The van der Waals surface area contributed by atoms with Gasteiger partial charge in [0.15, 0.2) is 5.82 Å². The summed E-state index contributed by atoms with van der Waals surface area (Å²) in [6, 6.07) is 0. The topological polar surface area (TPSA) is 67.1 Å². The first-order valence-electron chi connectivity index (χ1n) is 8.63. The maximum atomic E-state index is 10.4. The monoisotopic (exact) mass is 307 g/mol. The van der Waals surface area contributed by atoms with Crippen molar-refractivity contribution in [3.05, 3.63) is 5.82 Å². The fraction of sp³-hybridized carbons (Fsp3) is 0.938. The molecule has 0 radical (unpaired) electrons. The minimum absolute atomic E-state index is 0.0982. The van der Waals surface area contributed by atoms with E-state index in [1.807, 2.05) is 4.68 Å². The molecule has 3 rings (SSSR count). The van der Waals surface area contributed by atoms with Gasteiger partial charge in [-0.25, -0.2) is 4.68 Å². The Morgan fingerprint density at radius 3 is 2.59 bits per heavy atom. The second kappa shape index (κ2) is 6.24. The third-order valence-electron chi connectivity index (χ3n) is 5.24. The van der Waals surface area contributed by atoms with Crippen LogP contribution in [0.2, 0.25) is 0 Å². The molecule has 6 nitrogen and oxygen atoms in total. The SMILES string of the molecule is CC(C)(C)n1nnnc1CN1CC[C@@H](O)[C@H](C2CCCC2)C1. The van der Waals surface area contributed by atoms with E-state index in [4.69, 9.17) is 0 Å². The van der Waals surface area contributed by atoms with Gasteiger partial charge in [0.2, 0.25) is 0 Å². The van der Waals surface area contributed by atoms with Crippen molar-refractivity contribution in [1.82, 2.24) is 25.1 Å². The van der Waals surface area contributed by atoms with Crippen LogP contribution in [0.15, 0.2) is 0 Å². The highest BCUT2D eigenvalue weighted by atomic mass is 16.3. The average molecular weight is 307 g/mol. The first kappa shape index (κ1) is 15.9. The zero-order chi connectivity index (χ0) is 15.7. The van der Waals surface area contributed by atoms with Gasteiger partial charge in [-0.2, -0.15) is 0 Å². The Kier molecular flexibility index (Phi) is 4.50. The Balaban J connectivity index is 1.67. The number of aliphatic hydroxyl groups is 1. The van der Waals surface area contributed by atoms with Crippen molar-refractivity contribution in [2.45, 2.75) is 71.1 Å². The molecule has 1 aromatic rings. The molecule has 2 fully saturated rings. The summed E-state index contributed by atoms with van der Waals surface area (Å²) in [6.45, 7) is 9.04. The van der Waals surface area contributed by atoms with Crippen LogP contribution >= 0.6 is 0 Å². The molecule has 124 valence electrons. The lowest BCUT2D eigenvalue weighted by molar-refractivity contribution is -0.00421. The summed E-state index contributed by atoms with van der Waals surface area (Å²) >= 11 is 0. The first-order chi connectivity index (χ1) is 10.4. The van der Waals surface area contributed by atoms with Crippen LogP contribution < -0.4 is 0 Å². The van der Waals surface area contributed by atoms with Crippen LogP contribution in [0.1, 0.15) is 58.7 Å². The molecule has 1 saturated heterocycles. The molecule has 2 aliphatic rings. The summed E-state index contributed by atoms with van der Waals surface area (Å²) in [5.74, 6) is 2.06. The predicted molar refractivity (Wildman–Crippen MR) is 84.2 cm³/mol. The number of aliphatic hydroxyl groups excluding tert-OH is 1. The van der Waals surface area contributed by atoms with Crippen LogP contribution in [0, 0.1) is 11.8 Å². The largest absolute Gasteiger partial charge is 0.393 e. The Morgan fingerprint density at radius 1 is 1.18 bits per heavy atom. The van der Waals surface area contributed by atoms with Crippen molar-refractivity contribution in [2.24, 2.45) is 11.8 Å². The van der Waals surface area contributed by atoms with Gasteiger partial charge in [0.25, 0.3) is 0 Å².